The predicted molar refractivity (Wildman–Crippen MR) is 50.6 cm³/mol. The molecule has 0 aliphatic heterocycles. The average molecular weight is 234 g/mol. The Hall–Kier alpha value is 0.320. The molecular weight excluding hydrogens is 222 g/mol. The van der Waals surface area contributed by atoms with Gasteiger partial charge in [-0.05, 0) is 0 Å². The van der Waals surface area contributed by atoms with Gasteiger partial charge in [-0.15, -0.1) is 0 Å². The van der Waals surface area contributed by atoms with Crippen molar-refractivity contribution in [2.24, 2.45) is 0 Å². The van der Waals surface area contributed by atoms with Gasteiger partial charge in [0.15, 0.2) is 0 Å². The molecule has 0 rings (SSSR count). The van der Waals surface area contributed by atoms with Crippen molar-refractivity contribution in [2.75, 3.05) is 6.61 Å². The minimum Gasteiger partial charge on any atom is -0.303 e. The van der Waals surface area contributed by atoms with Crippen molar-refractivity contribution in [3.8, 4) is 0 Å². The molecule has 3 N–H and O–H groups in total. The molecule has 0 aliphatic rings. The molecular formula is C6H12NaO6P. The molecule has 6 nitrogen and oxygen atoms in total. The summed E-state index contributed by atoms with van der Waals surface area (Å²) in [6.07, 6.45) is 2.18. The molecule has 0 aromatic carbocycles. The van der Waals surface area contributed by atoms with E-state index in [1.165, 1.54) is 37.7 Å². The van der Waals surface area contributed by atoms with Crippen molar-refractivity contribution < 1.29 is 28.8 Å². The number of hydrogen-bond acceptors (Lipinski definition) is 3. The topological polar surface area (TPSA) is 104 Å². The zero-order chi connectivity index (χ0) is 11.6. The number of esters is 1. The summed E-state index contributed by atoms with van der Waals surface area (Å²) in [4.78, 5) is 31.9. The number of carbonyl (C=O) groups excluding carboxylic acids is 1. The minimum atomic E-state index is -4.64. The van der Waals surface area contributed by atoms with E-state index >= 15 is 0 Å². The molecule has 0 aliphatic carbocycles. The van der Waals surface area contributed by atoms with Gasteiger partial charge in [0.05, 0.1) is 0 Å². The summed E-state index contributed by atoms with van der Waals surface area (Å²) in [5, 5.41) is 0. The Balaban J connectivity index is 0. The summed E-state index contributed by atoms with van der Waals surface area (Å²) in [5.41, 5.74) is 0. The Morgan fingerprint density at radius 1 is 1.50 bits per heavy atom. The van der Waals surface area contributed by atoms with Gasteiger partial charge in [-0.2, -0.15) is 0 Å². The van der Waals surface area contributed by atoms with E-state index in [0.29, 0.717) is 6.61 Å². The Kier molecular flexibility index (Phi) is 11.8. The maximum absolute atomic E-state index is 10.4. The predicted octanol–water partition coefficient (Wildman–Crippen LogP) is -0.236. The van der Waals surface area contributed by atoms with Crippen LogP contribution in [0.1, 0.15) is 6.42 Å². The molecule has 14 heavy (non-hydrogen) atoms. The first-order chi connectivity index (χ1) is 6.31. The SMILES string of the molecule is C=CC(=O)OCC[CH2][Na].O=P(O)(O)O. The molecule has 0 aromatic heterocycles. The standard InChI is InChI=1S/C6H9O2.Na.H3O4P/c1-3-5-8-6(7)4-2;;1-5(2,3)4/h4H,1-3,5H2;;(H3,1,2,3,4). The van der Waals surface area contributed by atoms with Crippen LogP contribution in [0.3, 0.4) is 0 Å². The quantitative estimate of drug-likeness (QED) is 0.204. The normalized spacial score (nSPS) is 9.79. The Morgan fingerprint density at radius 3 is 2.21 bits per heavy atom. The second kappa shape index (κ2) is 9.86. The first kappa shape index (κ1) is 16.7. The van der Waals surface area contributed by atoms with Crippen molar-refractivity contribution in [3.63, 3.8) is 0 Å². The molecule has 78 valence electrons. The van der Waals surface area contributed by atoms with Crippen LogP contribution in [-0.2, 0) is 14.1 Å². The summed E-state index contributed by atoms with van der Waals surface area (Å²) in [6.45, 7) is 3.82. The fourth-order valence-corrected chi connectivity index (χ4v) is 0.665. The summed E-state index contributed by atoms with van der Waals surface area (Å²) in [7, 11) is -4.64. The molecule has 0 saturated heterocycles. The number of ether oxygens (including phenoxy) is 1. The monoisotopic (exact) mass is 234 g/mol. The second-order valence-corrected chi connectivity index (χ2v) is 4.27. The van der Waals surface area contributed by atoms with Crippen LogP contribution in [0.5, 0.6) is 0 Å². The Labute approximate surface area is 99.6 Å². The molecule has 0 bridgehead atoms. The fourth-order valence-electron chi connectivity index (χ4n) is 0.376. The van der Waals surface area contributed by atoms with Gasteiger partial charge in [-0.25, -0.2) is 4.57 Å². The van der Waals surface area contributed by atoms with Crippen LogP contribution in [0.2, 0.25) is 3.67 Å². The minimum absolute atomic E-state index is 0.315. The number of carbonyl (C=O) groups is 1. The first-order valence-electron chi connectivity index (χ1n) is 3.88. The number of phosphoric acid groups is 1. The van der Waals surface area contributed by atoms with Crippen molar-refractivity contribution in [2.45, 2.75) is 10.1 Å². The van der Waals surface area contributed by atoms with Crippen LogP contribution in [0.25, 0.3) is 0 Å². The maximum atomic E-state index is 10.4. The van der Waals surface area contributed by atoms with E-state index in [0.717, 1.165) is 6.42 Å². The number of rotatable bonds is 4. The van der Waals surface area contributed by atoms with Gasteiger partial charge in [0.1, 0.15) is 0 Å². The maximum Gasteiger partial charge on any atom is 0.466 e. The van der Waals surface area contributed by atoms with Crippen molar-refractivity contribution >= 4 is 41.7 Å². The molecule has 0 radical (unpaired) electrons. The van der Waals surface area contributed by atoms with E-state index in [2.05, 4.69) is 6.58 Å². The first-order valence-corrected chi connectivity index (χ1v) is 6.86. The fraction of sp³-hybridized carbons (Fsp3) is 0.500. The van der Waals surface area contributed by atoms with Crippen LogP contribution in [0, 0.1) is 0 Å². The van der Waals surface area contributed by atoms with Crippen LogP contribution in [0.4, 0.5) is 0 Å². The van der Waals surface area contributed by atoms with Gasteiger partial charge < -0.3 is 14.7 Å². The van der Waals surface area contributed by atoms with Crippen molar-refractivity contribution in [3.05, 3.63) is 12.7 Å². The van der Waals surface area contributed by atoms with E-state index in [1.807, 2.05) is 0 Å². The Bertz CT molecular complexity index is 204. The zero-order valence-corrected chi connectivity index (χ0v) is 10.8. The van der Waals surface area contributed by atoms with Gasteiger partial charge in [0, 0.05) is 0 Å². The molecule has 8 heteroatoms. The van der Waals surface area contributed by atoms with Crippen molar-refractivity contribution in [1.82, 2.24) is 0 Å². The molecule has 0 aromatic rings. The average Bonchev–Trinajstić information content (AvgIpc) is 2.01. The van der Waals surface area contributed by atoms with Gasteiger partial charge in [-0.3, -0.25) is 0 Å². The largest absolute Gasteiger partial charge is 0.466 e. The molecule has 0 atom stereocenters. The number of hydrogen-bond donors (Lipinski definition) is 3. The van der Waals surface area contributed by atoms with Gasteiger partial charge in [0.2, 0.25) is 0 Å². The third-order valence-electron chi connectivity index (χ3n) is 0.909. The Morgan fingerprint density at radius 2 is 1.93 bits per heavy atom. The van der Waals surface area contributed by atoms with E-state index < -0.39 is 7.82 Å². The smallest absolute Gasteiger partial charge is 0.303 e. The van der Waals surface area contributed by atoms with Gasteiger partial charge >= 0.3 is 80.6 Å². The van der Waals surface area contributed by atoms with E-state index in [1.54, 1.807) is 0 Å². The summed E-state index contributed by atoms with van der Waals surface area (Å²) in [6, 6.07) is 0. The van der Waals surface area contributed by atoms with Crippen LogP contribution < -0.4 is 0 Å². The van der Waals surface area contributed by atoms with E-state index in [4.69, 9.17) is 24.0 Å². The third kappa shape index (κ3) is 29.5. The molecule has 0 heterocycles. The van der Waals surface area contributed by atoms with Crippen LogP contribution >= 0.6 is 7.82 Å². The van der Waals surface area contributed by atoms with Crippen LogP contribution in [-0.4, -0.2) is 55.2 Å². The molecule has 0 saturated carbocycles. The van der Waals surface area contributed by atoms with Gasteiger partial charge in [-0.1, -0.05) is 0 Å². The molecule has 0 fully saturated rings. The van der Waals surface area contributed by atoms with E-state index in [-0.39, 0.29) is 5.97 Å². The van der Waals surface area contributed by atoms with Crippen LogP contribution in [0.15, 0.2) is 12.7 Å². The molecule has 0 amide bonds. The van der Waals surface area contributed by atoms with Crippen molar-refractivity contribution in [1.29, 1.82) is 0 Å². The third-order valence-corrected chi connectivity index (χ3v) is 1.62. The summed E-state index contributed by atoms with van der Waals surface area (Å²) >= 11 is 1.18. The van der Waals surface area contributed by atoms with E-state index in [9.17, 15) is 4.79 Å². The molecule has 0 unspecified atom stereocenters. The summed E-state index contributed by atoms with van der Waals surface area (Å²) < 4.78 is 14.8. The summed E-state index contributed by atoms with van der Waals surface area (Å²) in [5.74, 6) is -0.315. The zero-order valence-electron chi connectivity index (χ0n) is 7.92. The second-order valence-electron chi connectivity index (χ2n) is 2.24. The van der Waals surface area contributed by atoms with Gasteiger partial charge in [0.25, 0.3) is 0 Å². The molecule has 0 spiro atoms.